The van der Waals surface area contributed by atoms with E-state index < -0.39 is 0 Å². The second-order valence-corrected chi connectivity index (χ2v) is 4.90. The van der Waals surface area contributed by atoms with Crippen LogP contribution in [0.3, 0.4) is 0 Å². The van der Waals surface area contributed by atoms with E-state index in [1.807, 2.05) is 66.7 Å². The first-order valence-corrected chi connectivity index (χ1v) is 7.26. The zero-order valence-corrected chi connectivity index (χ0v) is 13.2. The molecule has 3 rings (SSSR count). The van der Waals surface area contributed by atoms with Crippen LogP contribution >= 0.6 is 0 Å². The van der Waals surface area contributed by atoms with E-state index in [-0.39, 0.29) is 18.9 Å². The maximum atomic E-state index is 4.57. The van der Waals surface area contributed by atoms with E-state index in [1.54, 1.807) is 0 Å². The molecule has 0 spiro atoms. The van der Waals surface area contributed by atoms with Gasteiger partial charge in [0, 0.05) is 5.71 Å². The van der Waals surface area contributed by atoms with Crippen molar-refractivity contribution in [2.75, 3.05) is 5.43 Å². The van der Waals surface area contributed by atoms with E-state index in [1.165, 1.54) is 0 Å². The molecule has 3 heteroatoms. The normalized spacial score (nSPS) is 10.5. The Bertz CT molecular complexity index is 725. The molecule has 0 saturated heterocycles. The summed E-state index contributed by atoms with van der Waals surface area (Å²) >= 11 is 0. The van der Waals surface area contributed by atoms with Crippen molar-refractivity contribution in [3.05, 3.63) is 109 Å². The molecule has 0 heterocycles. The third-order valence-corrected chi connectivity index (χ3v) is 3.25. The Morgan fingerprint density at radius 2 is 1.22 bits per heavy atom. The van der Waals surface area contributed by atoms with E-state index in [0.717, 1.165) is 22.5 Å². The Labute approximate surface area is 149 Å². The fraction of sp³-hybridized carbons (Fsp3) is 0. The predicted octanol–water partition coefficient (Wildman–Crippen LogP) is 1.76. The maximum Gasteiger partial charge on any atom is 1.00 e. The Morgan fingerprint density at radius 3 is 1.83 bits per heavy atom. The summed E-state index contributed by atoms with van der Waals surface area (Å²) < 4.78 is 0. The molecule has 0 aliphatic heterocycles. The van der Waals surface area contributed by atoms with Crippen molar-refractivity contribution < 1.29 is 18.9 Å². The quantitative estimate of drug-likeness (QED) is 0.329. The maximum absolute atomic E-state index is 4.57. The summed E-state index contributed by atoms with van der Waals surface area (Å²) in [6.07, 6.45) is 2.07. The molecule has 0 aliphatic rings. The van der Waals surface area contributed by atoms with Crippen LogP contribution in [0.25, 0.3) is 0 Å². The number of hydrogen-bond donors (Lipinski definition) is 1. The average molecular weight is 292 g/mol. The summed E-state index contributed by atoms with van der Waals surface area (Å²) in [5.41, 5.74) is 7.19. The van der Waals surface area contributed by atoms with Gasteiger partial charge < -0.3 is 0 Å². The van der Waals surface area contributed by atoms with Gasteiger partial charge in [0.25, 0.3) is 0 Å². The Kier molecular flexibility index (Phi) is 6.56. The van der Waals surface area contributed by atoms with E-state index >= 15 is 0 Å². The summed E-state index contributed by atoms with van der Waals surface area (Å²) in [5.74, 6) is 0. The number of rotatable bonds is 5. The SMILES string of the molecule is [Li+].c1ccc([CH-]/C(=N/Nc2ccccc2)c2ccccc2)cc1. The first kappa shape index (κ1) is 17.0. The largest absolute Gasteiger partial charge is 1.00 e. The van der Waals surface area contributed by atoms with Crippen LogP contribution in [0.5, 0.6) is 0 Å². The van der Waals surface area contributed by atoms with Crippen LogP contribution in [0.2, 0.25) is 0 Å². The van der Waals surface area contributed by atoms with Crippen molar-refractivity contribution in [2.24, 2.45) is 5.10 Å². The van der Waals surface area contributed by atoms with Gasteiger partial charge in [-0.2, -0.15) is 5.10 Å². The van der Waals surface area contributed by atoms with Crippen LogP contribution in [-0.2, 0) is 0 Å². The molecule has 0 atom stereocenters. The van der Waals surface area contributed by atoms with Gasteiger partial charge in [0.1, 0.15) is 0 Å². The molecular weight excluding hydrogens is 275 g/mol. The molecule has 0 unspecified atom stereocenters. The van der Waals surface area contributed by atoms with E-state index in [2.05, 4.69) is 41.2 Å². The summed E-state index contributed by atoms with van der Waals surface area (Å²) in [7, 11) is 0. The first-order chi connectivity index (χ1) is 10.9. The van der Waals surface area contributed by atoms with Crippen molar-refractivity contribution in [2.45, 2.75) is 0 Å². The first-order valence-electron chi connectivity index (χ1n) is 7.26. The third-order valence-electron chi connectivity index (χ3n) is 3.25. The van der Waals surface area contributed by atoms with E-state index in [0.29, 0.717) is 0 Å². The molecule has 2 nitrogen and oxygen atoms in total. The molecule has 108 valence electrons. The third kappa shape index (κ3) is 5.07. The van der Waals surface area contributed by atoms with Crippen LogP contribution in [0.4, 0.5) is 5.69 Å². The van der Waals surface area contributed by atoms with Gasteiger partial charge in [-0.3, -0.25) is 5.43 Å². The van der Waals surface area contributed by atoms with Crippen molar-refractivity contribution in [3.63, 3.8) is 0 Å². The summed E-state index contributed by atoms with van der Waals surface area (Å²) in [6.45, 7) is 0. The Hall–Kier alpha value is -2.40. The second kappa shape index (κ2) is 8.90. The van der Waals surface area contributed by atoms with Crippen LogP contribution in [0.1, 0.15) is 11.1 Å². The Morgan fingerprint density at radius 1 is 0.696 bits per heavy atom. The number of nitrogens with zero attached hydrogens (tertiary/aromatic N) is 1. The van der Waals surface area contributed by atoms with Crippen molar-refractivity contribution >= 4 is 11.4 Å². The fourth-order valence-electron chi connectivity index (χ4n) is 2.13. The molecule has 0 aliphatic carbocycles. The standard InChI is InChI=1S/C20H17N2.Li/c1-4-10-17(11-5-1)16-20(18-12-6-2-7-13-18)22-21-19-14-8-3-9-15-19;/h1-16,21H;/q-1;+1/b22-20-;. The number of anilines is 1. The molecule has 1 N–H and O–H groups in total. The minimum atomic E-state index is 0. The Balaban J connectivity index is 0.00000192. The number of hydrogen-bond acceptors (Lipinski definition) is 2. The smallest absolute Gasteiger partial charge is 0.279 e. The summed E-state index contributed by atoms with van der Waals surface area (Å²) in [5, 5.41) is 4.57. The summed E-state index contributed by atoms with van der Waals surface area (Å²) in [4.78, 5) is 0. The minimum Gasteiger partial charge on any atom is -0.279 e. The van der Waals surface area contributed by atoms with Crippen LogP contribution < -0.4 is 24.3 Å². The summed E-state index contributed by atoms with van der Waals surface area (Å²) in [6, 6.07) is 30.3. The molecule has 0 aromatic heterocycles. The average Bonchev–Trinajstić information content (AvgIpc) is 2.61. The van der Waals surface area contributed by atoms with Crippen LogP contribution in [0, 0.1) is 6.42 Å². The minimum absolute atomic E-state index is 0. The zero-order valence-electron chi connectivity index (χ0n) is 13.2. The number of hydrazone groups is 1. The molecule has 0 saturated carbocycles. The van der Waals surface area contributed by atoms with Gasteiger partial charge in [0.2, 0.25) is 0 Å². The molecule has 0 fully saturated rings. The monoisotopic (exact) mass is 292 g/mol. The molecule has 23 heavy (non-hydrogen) atoms. The second-order valence-electron chi connectivity index (χ2n) is 4.90. The fourth-order valence-corrected chi connectivity index (χ4v) is 2.13. The van der Waals surface area contributed by atoms with Gasteiger partial charge in [-0.1, -0.05) is 60.2 Å². The van der Waals surface area contributed by atoms with Gasteiger partial charge in [-0.15, -0.1) is 36.2 Å². The topological polar surface area (TPSA) is 24.4 Å². The number of benzene rings is 3. The van der Waals surface area contributed by atoms with Gasteiger partial charge in [0.15, 0.2) is 0 Å². The van der Waals surface area contributed by atoms with Crippen LogP contribution in [0.15, 0.2) is 96.1 Å². The van der Waals surface area contributed by atoms with Crippen molar-refractivity contribution in [3.8, 4) is 0 Å². The van der Waals surface area contributed by atoms with E-state index in [4.69, 9.17) is 0 Å². The van der Waals surface area contributed by atoms with Crippen molar-refractivity contribution in [1.82, 2.24) is 0 Å². The van der Waals surface area contributed by atoms with Gasteiger partial charge in [-0.25, -0.2) is 0 Å². The predicted molar refractivity (Wildman–Crippen MR) is 92.9 cm³/mol. The zero-order chi connectivity index (χ0) is 15.0. The molecule has 0 radical (unpaired) electrons. The van der Waals surface area contributed by atoms with E-state index in [9.17, 15) is 0 Å². The molecule has 3 aromatic carbocycles. The van der Waals surface area contributed by atoms with Crippen molar-refractivity contribution in [1.29, 1.82) is 0 Å². The van der Waals surface area contributed by atoms with Gasteiger partial charge in [-0.05, 0) is 12.1 Å². The van der Waals surface area contributed by atoms with Gasteiger partial charge >= 0.3 is 18.9 Å². The molecular formula is C20H17LiN2. The van der Waals surface area contributed by atoms with Gasteiger partial charge in [0.05, 0.1) is 5.69 Å². The molecule has 3 aromatic rings. The number of para-hydroxylation sites is 1. The molecule has 0 bridgehead atoms. The number of nitrogens with one attached hydrogen (secondary N) is 1. The molecule has 0 amide bonds. The van der Waals surface area contributed by atoms with Crippen LogP contribution in [-0.4, -0.2) is 5.71 Å².